The number of hydrogen-bond donors (Lipinski definition) is 1. The van der Waals surface area contributed by atoms with E-state index < -0.39 is 23.8 Å². The van der Waals surface area contributed by atoms with Crippen molar-refractivity contribution >= 4 is 5.97 Å². The van der Waals surface area contributed by atoms with Crippen LogP contribution in [0.1, 0.15) is 30.4 Å². The van der Waals surface area contributed by atoms with Gasteiger partial charge in [0.1, 0.15) is 6.04 Å². The molecule has 1 aromatic carbocycles. The minimum atomic E-state index is -4.30. The lowest BCUT2D eigenvalue weighted by Crippen LogP contribution is -2.36. The van der Waals surface area contributed by atoms with Crippen LogP contribution >= 0.6 is 0 Å². The van der Waals surface area contributed by atoms with Crippen LogP contribution in [0, 0.1) is 0 Å². The summed E-state index contributed by atoms with van der Waals surface area (Å²) in [6.07, 6.45) is -1.34. The zero-order valence-corrected chi connectivity index (χ0v) is 11.6. The molecule has 1 heterocycles. The molecular weight excluding hydrogens is 283 g/mol. The van der Waals surface area contributed by atoms with E-state index in [0.29, 0.717) is 19.4 Å². The van der Waals surface area contributed by atoms with E-state index in [1.807, 2.05) is 4.90 Å². The van der Waals surface area contributed by atoms with Gasteiger partial charge in [0.15, 0.2) is 0 Å². The van der Waals surface area contributed by atoms with Gasteiger partial charge in [0.05, 0.1) is 5.56 Å². The normalized spacial score (nSPS) is 19.9. The lowest BCUT2D eigenvalue weighted by atomic mass is 10.1. The second-order valence-corrected chi connectivity index (χ2v) is 5.33. The van der Waals surface area contributed by atoms with Gasteiger partial charge < -0.3 is 5.11 Å². The van der Waals surface area contributed by atoms with Crippen LogP contribution in [0.15, 0.2) is 24.3 Å². The molecule has 0 saturated carbocycles. The van der Waals surface area contributed by atoms with Crippen molar-refractivity contribution in [3.05, 3.63) is 35.4 Å². The molecule has 1 atom stereocenters. The predicted molar refractivity (Wildman–Crippen MR) is 72.0 cm³/mol. The Balaban J connectivity index is 1.82. The van der Waals surface area contributed by atoms with Gasteiger partial charge in [0.25, 0.3) is 0 Å². The molecule has 1 aromatic rings. The van der Waals surface area contributed by atoms with Crippen LogP contribution in [-0.2, 0) is 17.4 Å². The van der Waals surface area contributed by atoms with Gasteiger partial charge in [0.2, 0.25) is 0 Å². The molecule has 0 aromatic heterocycles. The van der Waals surface area contributed by atoms with E-state index >= 15 is 0 Å². The Morgan fingerprint density at radius 2 is 1.95 bits per heavy atom. The molecule has 6 heteroatoms. The highest BCUT2D eigenvalue weighted by molar-refractivity contribution is 5.73. The molecule has 0 aliphatic carbocycles. The summed E-state index contributed by atoms with van der Waals surface area (Å²) in [7, 11) is 0. The molecule has 1 fully saturated rings. The maximum absolute atomic E-state index is 12.4. The van der Waals surface area contributed by atoms with Crippen LogP contribution in [0.4, 0.5) is 13.2 Å². The van der Waals surface area contributed by atoms with Crippen molar-refractivity contribution in [2.24, 2.45) is 0 Å². The standard InChI is InChI=1S/C15H18F3NO2/c16-15(17,18)12-7-5-11(6-8-12)3-1-9-19-10-2-4-13(19)14(20)21/h5-8,13H,1-4,9-10H2,(H,20,21). The maximum atomic E-state index is 12.4. The fourth-order valence-electron chi connectivity index (χ4n) is 2.72. The molecule has 0 radical (unpaired) electrons. The van der Waals surface area contributed by atoms with E-state index in [-0.39, 0.29) is 0 Å². The Morgan fingerprint density at radius 3 is 2.52 bits per heavy atom. The fourth-order valence-corrected chi connectivity index (χ4v) is 2.72. The number of carboxylic acids is 1. The number of rotatable bonds is 5. The molecular formula is C15H18F3NO2. The second kappa shape index (κ2) is 6.47. The molecule has 1 aliphatic rings. The number of carboxylic acid groups (broad SMARTS) is 1. The maximum Gasteiger partial charge on any atom is 0.416 e. The number of aryl methyl sites for hydroxylation is 1. The Hall–Kier alpha value is -1.56. The van der Waals surface area contributed by atoms with E-state index in [4.69, 9.17) is 5.11 Å². The second-order valence-electron chi connectivity index (χ2n) is 5.33. The van der Waals surface area contributed by atoms with Crippen LogP contribution in [0.2, 0.25) is 0 Å². The largest absolute Gasteiger partial charge is 0.480 e. The number of hydrogen-bond acceptors (Lipinski definition) is 2. The first-order chi connectivity index (χ1) is 9.88. The van der Waals surface area contributed by atoms with Gasteiger partial charge in [-0.05, 0) is 56.5 Å². The highest BCUT2D eigenvalue weighted by Gasteiger charge is 2.30. The molecule has 1 aliphatic heterocycles. The first-order valence-corrected chi connectivity index (χ1v) is 7.01. The van der Waals surface area contributed by atoms with Gasteiger partial charge in [-0.3, -0.25) is 9.69 Å². The third-order valence-electron chi connectivity index (χ3n) is 3.84. The third kappa shape index (κ3) is 4.20. The molecule has 1 saturated heterocycles. The van der Waals surface area contributed by atoms with Crippen molar-refractivity contribution in [1.82, 2.24) is 4.90 Å². The zero-order chi connectivity index (χ0) is 15.5. The number of alkyl halides is 3. The van der Waals surface area contributed by atoms with Crippen LogP contribution in [0.5, 0.6) is 0 Å². The smallest absolute Gasteiger partial charge is 0.416 e. The van der Waals surface area contributed by atoms with Crippen LogP contribution < -0.4 is 0 Å². The lowest BCUT2D eigenvalue weighted by Gasteiger charge is -2.20. The number of halogens is 3. The van der Waals surface area contributed by atoms with Gasteiger partial charge in [-0.25, -0.2) is 0 Å². The van der Waals surface area contributed by atoms with Crippen molar-refractivity contribution in [2.45, 2.75) is 37.9 Å². The van der Waals surface area contributed by atoms with E-state index in [1.165, 1.54) is 12.1 Å². The summed E-state index contributed by atoms with van der Waals surface area (Å²) in [5, 5.41) is 9.06. The summed E-state index contributed by atoms with van der Waals surface area (Å²) >= 11 is 0. The third-order valence-corrected chi connectivity index (χ3v) is 3.84. The Bertz CT molecular complexity index is 485. The first-order valence-electron chi connectivity index (χ1n) is 7.01. The molecule has 2 rings (SSSR count). The zero-order valence-electron chi connectivity index (χ0n) is 11.6. The van der Waals surface area contributed by atoms with Crippen molar-refractivity contribution in [2.75, 3.05) is 13.1 Å². The number of carbonyl (C=O) groups is 1. The minimum Gasteiger partial charge on any atom is -0.480 e. The number of benzene rings is 1. The molecule has 21 heavy (non-hydrogen) atoms. The monoisotopic (exact) mass is 301 g/mol. The number of aliphatic carboxylic acids is 1. The van der Waals surface area contributed by atoms with Crippen LogP contribution in [0.3, 0.4) is 0 Å². The quantitative estimate of drug-likeness (QED) is 0.908. The van der Waals surface area contributed by atoms with Gasteiger partial charge >= 0.3 is 12.1 Å². The van der Waals surface area contributed by atoms with Crippen molar-refractivity contribution in [3.8, 4) is 0 Å². The summed E-state index contributed by atoms with van der Waals surface area (Å²) in [5.41, 5.74) is 0.200. The van der Waals surface area contributed by atoms with E-state index in [9.17, 15) is 18.0 Å². The van der Waals surface area contributed by atoms with Gasteiger partial charge in [-0.15, -0.1) is 0 Å². The van der Waals surface area contributed by atoms with Crippen LogP contribution in [-0.4, -0.2) is 35.1 Å². The van der Waals surface area contributed by atoms with Gasteiger partial charge in [-0.2, -0.15) is 13.2 Å². The molecule has 0 spiro atoms. The summed E-state index contributed by atoms with van der Waals surface area (Å²) in [6.45, 7) is 1.45. The van der Waals surface area contributed by atoms with Gasteiger partial charge in [0, 0.05) is 0 Å². The fraction of sp³-hybridized carbons (Fsp3) is 0.533. The average Bonchev–Trinajstić information content (AvgIpc) is 2.87. The summed E-state index contributed by atoms with van der Waals surface area (Å²) in [4.78, 5) is 13.0. The van der Waals surface area contributed by atoms with E-state index in [0.717, 1.165) is 37.1 Å². The number of likely N-dealkylation sites (tertiary alicyclic amines) is 1. The summed E-state index contributed by atoms with van der Waals surface area (Å²) < 4.78 is 37.3. The highest BCUT2D eigenvalue weighted by Crippen LogP contribution is 2.29. The molecule has 3 nitrogen and oxygen atoms in total. The van der Waals surface area contributed by atoms with Crippen molar-refractivity contribution < 1.29 is 23.1 Å². The molecule has 116 valence electrons. The minimum absolute atomic E-state index is 0.405. The average molecular weight is 301 g/mol. The molecule has 1 N–H and O–H groups in total. The predicted octanol–water partition coefficient (Wildman–Crippen LogP) is 3.19. The van der Waals surface area contributed by atoms with E-state index in [1.54, 1.807) is 0 Å². The van der Waals surface area contributed by atoms with E-state index in [2.05, 4.69) is 0 Å². The topological polar surface area (TPSA) is 40.5 Å². The lowest BCUT2D eigenvalue weighted by molar-refractivity contribution is -0.142. The SMILES string of the molecule is O=C(O)C1CCCN1CCCc1ccc(C(F)(F)F)cc1. The summed E-state index contributed by atoms with van der Waals surface area (Å²) in [5.74, 6) is -0.790. The Labute approximate surface area is 121 Å². The number of nitrogens with zero attached hydrogens (tertiary/aromatic N) is 1. The van der Waals surface area contributed by atoms with Crippen LogP contribution in [0.25, 0.3) is 0 Å². The molecule has 1 unspecified atom stereocenters. The Morgan fingerprint density at radius 1 is 1.29 bits per heavy atom. The molecule has 0 amide bonds. The summed E-state index contributed by atoms with van der Waals surface area (Å²) in [6, 6.07) is 4.75. The van der Waals surface area contributed by atoms with Crippen molar-refractivity contribution in [3.63, 3.8) is 0 Å². The van der Waals surface area contributed by atoms with Crippen molar-refractivity contribution in [1.29, 1.82) is 0 Å². The highest BCUT2D eigenvalue weighted by atomic mass is 19.4. The van der Waals surface area contributed by atoms with Gasteiger partial charge in [-0.1, -0.05) is 12.1 Å². The Kier molecular flexibility index (Phi) is 4.88. The molecule has 0 bridgehead atoms. The first kappa shape index (κ1) is 15.8.